The van der Waals surface area contributed by atoms with Crippen LogP contribution in [0.5, 0.6) is 0 Å². The molecule has 1 aliphatic carbocycles. The second-order valence-corrected chi connectivity index (χ2v) is 4.82. The highest BCUT2D eigenvalue weighted by molar-refractivity contribution is 5.97. The fourth-order valence-corrected chi connectivity index (χ4v) is 2.48. The highest BCUT2D eigenvalue weighted by Crippen LogP contribution is 2.30. The lowest BCUT2D eigenvalue weighted by Gasteiger charge is -2.18. The number of aromatic carboxylic acids is 1. The van der Waals surface area contributed by atoms with E-state index in [1.165, 1.54) is 10.8 Å². The van der Waals surface area contributed by atoms with Crippen LogP contribution >= 0.6 is 0 Å². The monoisotopic (exact) mass is 298 g/mol. The number of fused-ring (bicyclic) bond motifs is 1. The molecule has 6 heteroatoms. The van der Waals surface area contributed by atoms with E-state index < -0.39 is 17.2 Å². The Morgan fingerprint density at radius 1 is 1.27 bits per heavy atom. The van der Waals surface area contributed by atoms with Crippen molar-refractivity contribution >= 4 is 5.97 Å². The standard InChI is InChI=1S/C16H11FN2O3/c1-9-15(16(21)22)11-6-10(20)7-13(17)12(11)8-19(9)14-4-2-3-5-18-14/h2-8H,1H3,(H,21,22). The number of carboxylic acid groups (broad SMARTS) is 1. The molecule has 110 valence electrons. The van der Waals surface area contributed by atoms with Gasteiger partial charge in [-0.1, -0.05) is 6.07 Å². The van der Waals surface area contributed by atoms with Gasteiger partial charge in [-0.15, -0.1) is 0 Å². The van der Waals surface area contributed by atoms with Gasteiger partial charge in [0.25, 0.3) is 0 Å². The van der Waals surface area contributed by atoms with Crippen molar-refractivity contribution in [3.05, 3.63) is 70.0 Å². The Kier molecular flexibility index (Phi) is 3.21. The molecule has 0 spiro atoms. The van der Waals surface area contributed by atoms with Crippen LogP contribution in [0.3, 0.4) is 0 Å². The number of hydrogen-bond acceptors (Lipinski definition) is 3. The van der Waals surface area contributed by atoms with E-state index in [0.717, 1.165) is 12.1 Å². The van der Waals surface area contributed by atoms with Crippen molar-refractivity contribution in [1.29, 1.82) is 0 Å². The van der Waals surface area contributed by atoms with E-state index >= 15 is 0 Å². The first-order chi connectivity index (χ1) is 10.5. The van der Waals surface area contributed by atoms with Crippen molar-refractivity contribution < 1.29 is 14.3 Å². The van der Waals surface area contributed by atoms with Crippen LogP contribution in [0.2, 0.25) is 0 Å². The summed E-state index contributed by atoms with van der Waals surface area (Å²) < 4.78 is 15.6. The van der Waals surface area contributed by atoms with Crippen molar-refractivity contribution in [3.8, 4) is 16.9 Å². The molecule has 2 aliphatic rings. The van der Waals surface area contributed by atoms with Gasteiger partial charge in [-0.3, -0.25) is 4.79 Å². The molecule has 22 heavy (non-hydrogen) atoms. The third kappa shape index (κ3) is 2.14. The zero-order valence-electron chi connectivity index (χ0n) is 11.6. The van der Waals surface area contributed by atoms with E-state index in [9.17, 15) is 19.1 Å². The number of carbonyl (C=O) groups is 1. The zero-order chi connectivity index (χ0) is 15.9. The number of halogens is 1. The maximum Gasteiger partial charge on any atom is 0.338 e. The van der Waals surface area contributed by atoms with Crippen LogP contribution in [0, 0.1) is 12.7 Å². The largest absolute Gasteiger partial charge is 0.478 e. The van der Waals surface area contributed by atoms with Crippen molar-refractivity contribution in [1.82, 2.24) is 9.55 Å². The maximum absolute atomic E-state index is 14.1. The minimum Gasteiger partial charge on any atom is -0.478 e. The van der Waals surface area contributed by atoms with Crippen molar-refractivity contribution in [2.45, 2.75) is 6.92 Å². The molecule has 3 rings (SSSR count). The SMILES string of the molecule is Cc1c(C(=O)O)c2cc(=O)cc(F)c-2cn1-c1ccccn1. The molecule has 0 saturated heterocycles. The molecular formula is C16H11FN2O3. The van der Waals surface area contributed by atoms with Gasteiger partial charge >= 0.3 is 5.97 Å². The molecule has 2 heterocycles. The van der Waals surface area contributed by atoms with Crippen LogP contribution in [-0.4, -0.2) is 20.6 Å². The molecule has 0 saturated carbocycles. The van der Waals surface area contributed by atoms with Crippen molar-refractivity contribution in [2.24, 2.45) is 0 Å². The Hall–Kier alpha value is -3.02. The van der Waals surface area contributed by atoms with Gasteiger partial charge in [0.1, 0.15) is 11.6 Å². The number of benzene rings is 1. The molecular weight excluding hydrogens is 287 g/mol. The Balaban J connectivity index is 2.46. The first kappa shape index (κ1) is 13.9. The van der Waals surface area contributed by atoms with Crippen LogP contribution in [-0.2, 0) is 0 Å². The van der Waals surface area contributed by atoms with Crippen LogP contribution in [0.15, 0.2) is 47.5 Å². The molecule has 1 aromatic heterocycles. The molecule has 0 atom stereocenters. The van der Waals surface area contributed by atoms with Crippen LogP contribution in [0.1, 0.15) is 16.1 Å². The first-order valence-electron chi connectivity index (χ1n) is 6.49. The van der Waals surface area contributed by atoms with Crippen LogP contribution < -0.4 is 5.43 Å². The third-order valence-electron chi connectivity index (χ3n) is 3.46. The Bertz CT molecular complexity index is 903. The minimum absolute atomic E-state index is 0.0632. The van der Waals surface area contributed by atoms with Gasteiger partial charge in [-0.2, -0.15) is 0 Å². The van der Waals surface area contributed by atoms with Gasteiger partial charge in [0.05, 0.1) is 5.56 Å². The minimum atomic E-state index is -1.22. The first-order valence-corrected chi connectivity index (χ1v) is 6.49. The fourth-order valence-electron chi connectivity index (χ4n) is 2.48. The summed E-state index contributed by atoms with van der Waals surface area (Å²) in [4.78, 5) is 27.2. The summed E-state index contributed by atoms with van der Waals surface area (Å²) in [6.07, 6.45) is 3.01. The Morgan fingerprint density at radius 3 is 2.68 bits per heavy atom. The zero-order valence-corrected chi connectivity index (χ0v) is 11.6. The molecule has 0 fully saturated rings. The summed E-state index contributed by atoms with van der Waals surface area (Å²) in [5.41, 5.74) is -0.165. The predicted molar refractivity (Wildman–Crippen MR) is 78.1 cm³/mol. The van der Waals surface area contributed by atoms with Gasteiger partial charge < -0.3 is 9.67 Å². The summed E-state index contributed by atoms with van der Waals surface area (Å²) in [5.74, 6) is -1.51. The van der Waals surface area contributed by atoms with Gasteiger partial charge in [0.15, 0.2) is 5.43 Å². The summed E-state index contributed by atoms with van der Waals surface area (Å²) in [5, 5.41) is 9.46. The second-order valence-electron chi connectivity index (χ2n) is 4.82. The third-order valence-corrected chi connectivity index (χ3v) is 3.46. The van der Waals surface area contributed by atoms with Gasteiger partial charge in [0.2, 0.25) is 0 Å². The Labute approximate surface area is 124 Å². The molecule has 0 bridgehead atoms. The van der Waals surface area contributed by atoms with E-state index in [1.807, 2.05) is 0 Å². The van der Waals surface area contributed by atoms with Gasteiger partial charge in [0, 0.05) is 35.3 Å². The lowest BCUT2D eigenvalue weighted by molar-refractivity contribution is 0.0696. The predicted octanol–water partition coefficient (Wildman–Crippen LogP) is 2.48. The lowest BCUT2D eigenvalue weighted by Crippen LogP contribution is -2.15. The summed E-state index contributed by atoms with van der Waals surface area (Å²) in [6, 6.07) is 7.13. The van der Waals surface area contributed by atoms with E-state index in [0.29, 0.717) is 11.5 Å². The molecule has 1 aliphatic heterocycles. The van der Waals surface area contributed by atoms with Crippen LogP contribution in [0.4, 0.5) is 4.39 Å². The number of carboxylic acids is 1. The normalized spacial score (nSPS) is 10.8. The lowest BCUT2D eigenvalue weighted by atomic mass is 9.97. The van der Waals surface area contributed by atoms with Crippen molar-refractivity contribution in [3.63, 3.8) is 0 Å². The van der Waals surface area contributed by atoms with Gasteiger partial charge in [-0.05, 0) is 25.1 Å². The van der Waals surface area contributed by atoms with Gasteiger partial charge in [-0.25, -0.2) is 14.2 Å². The van der Waals surface area contributed by atoms with E-state index in [4.69, 9.17) is 0 Å². The molecule has 0 unspecified atom stereocenters. The second kappa shape index (κ2) is 5.07. The van der Waals surface area contributed by atoms with Crippen molar-refractivity contribution in [2.75, 3.05) is 0 Å². The van der Waals surface area contributed by atoms with E-state index in [2.05, 4.69) is 4.98 Å². The molecule has 5 nitrogen and oxygen atoms in total. The number of aromatic nitrogens is 2. The molecule has 1 aromatic rings. The average Bonchev–Trinajstić information content (AvgIpc) is 2.47. The summed E-state index contributed by atoms with van der Waals surface area (Å²) in [6.45, 7) is 1.59. The quantitative estimate of drug-likeness (QED) is 0.789. The summed E-state index contributed by atoms with van der Waals surface area (Å²) >= 11 is 0. The highest BCUT2D eigenvalue weighted by atomic mass is 19.1. The number of nitrogens with zero attached hydrogens (tertiary/aromatic N) is 2. The number of rotatable bonds is 2. The Morgan fingerprint density at radius 2 is 2.05 bits per heavy atom. The fraction of sp³-hybridized carbons (Fsp3) is 0.0625. The molecule has 0 amide bonds. The molecule has 0 radical (unpaired) electrons. The van der Waals surface area contributed by atoms with E-state index in [1.54, 1.807) is 31.3 Å². The van der Waals surface area contributed by atoms with E-state index in [-0.39, 0.29) is 16.7 Å². The maximum atomic E-state index is 14.1. The molecule has 1 N–H and O–H groups in total. The number of hydrogen-bond donors (Lipinski definition) is 1. The average molecular weight is 298 g/mol. The van der Waals surface area contributed by atoms with Crippen LogP contribution in [0.25, 0.3) is 16.9 Å². The smallest absolute Gasteiger partial charge is 0.338 e. The number of pyridine rings is 2. The summed E-state index contributed by atoms with van der Waals surface area (Å²) in [7, 11) is 0. The highest BCUT2D eigenvalue weighted by Gasteiger charge is 2.23. The topological polar surface area (TPSA) is 72.2 Å². The molecule has 0 aromatic carbocycles.